The van der Waals surface area contributed by atoms with Gasteiger partial charge in [-0.2, -0.15) is 18.0 Å². The first-order chi connectivity index (χ1) is 21.9. The maximum absolute atomic E-state index is 14.4. The molecule has 244 valence electrons. The predicted octanol–water partition coefficient (Wildman–Crippen LogP) is 6.78. The number of pyridine rings is 1. The molecule has 0 bridgehead atoms. The zero-order chi connectivity index (χ0) is 32.7. The molecule has 2 aromatic carbocycles. The number of tetrazole rings is 1. The Kier molecular flexibility index (Phi) is 8.75. The van der Waals surface area contributed by atoms with Crippen LogP contribution in [0.4, 0.5) is 33.7 Å². The summed E-state index contributed by atoms with van der Waals surface area (Å²) in [6, 6.07) is 7.17. The van der Waals surface area contributed by atoms with Gasteiger partial charge in [0.15, 0.2) is 11.6 Å². The van der Waals surface area contributed by atoms with E-state index >= 15 is 0 Å². The van der Waals surface area contributed by atoms with E-state index in [-0.39, 0.29) is 53.0 Å². The van der Waals surface area contributed by atoms with Gasteiger partial charge in [-0.3, -0.25) is 4.79 Å². The fraction of sp³-hybridized carbons (Fsp3) is 0.452. The summed E-state index contributed by atoms with van der Waals surface area (Å²) >= 11 is 6.09. The molecule has 15 heteroatoms. The number of halogens is 6. The van der Waals surface area contributed by atoms with E-state index in [0.29, 0.717) is 36.2 Å². The molecule has 1 N–H and O–H groups in total. The van der Waals surface area contributed by atoms with E-state index < -0.39 is 29.3 Å². The Bertz CT molecular complexity index is 1760. The summed E-state index contributed by atoms with van der Waals surface area (Å²) in [7, 11) is 1.56. The number of hydrogen-bond acceptors (Lipinski definition) is 7. The third-order valence-electron chi connectivity index (χ3n) is 8.95. The number of aliphatic carboxylic acids is 1. The molecule has 2 aromatic heterocycles. The standard InChI is InChI=1S/C31H31ClF5N7O2/c1-42-40-30(39-41-42)43(15-17-9-22(31(35,36)37)13-23(32)10-17)16-21-11-20-12-24(33)25(34)14-26(20)38-28(21)44-8-2-3-27(44)18-4-6-19(7-5-18)29(45)46/h9-14,18-19,27H,2-8,15-16H2,1H3,(H,45,46)/t18?,19?,27-/m1/s1. The summed E-state index contributed by atoms with van der Waals surface area (Å²) in [5.41, 5.74) is 0.219. The van der Waals surface area contributed by atoms with Crippen LogP contribution in [0, 0.1) is 23.5 Å². The lowest BCUT2D eigenvalue weighted by Gasteiger charge is -2.37. The van der Waals surface area contributed by atoms with Crippen molar-refractivity contribution in [3.8, 4) is 0 Å². The smallest absolute Gasteiger partial charge is 0.416 e. The first kappa shape index (κ1) is 31.9. The number of anilines is 2. The van der Waals surface area contributed by atoms with Crippen molar-refractivity contribution in [1.29, 1.82) is 0 Å². The van der Waals surface area contributed by atoms with Gasteiger partial charge in [0, 0.05) is 47.7 Å². The maximum Gasteiger partial charge on any atom is 0.416 e. The van der Waals surface area contributed by atoms with Crippen LogP contribution in [0.25, 0.3) is 10.9 Å². The van der Waals surface area contributed by atoms with Crippen molar-refractivity contribution in [1.82, 2.24) is 25.2 Å². The van der Waals surface area contributed by atoms with E-state index in [1.54, 1.807) is 18.0 Å². The first-order valence-corrected chi connectivity index (χ1v) is 15.4. The largest absolute Gasteiger partial charge is 0.481 e. The summed E-state index contributed by atoms with van der Waals surface area (Å²) in [4.78, 5) is 21.4. The number of benzene rings is 2. The molecule has 0 unspecified atom stereocenters. The Labute approximate surface area is 265 Å². The van der Waals surface area contributed by atoms with Crippen LogP contribution in [0.3, 0.4) is 0 Å². The number of carbonyl (C=O) groups is 1. The average Bonchev–Trinajstić information content (AvgIpc) is 3.66. The number of hydrogen-bond donors (Lipinski definition) is 1. The third kappa shape index (κ3) is 6.72. The zero-order valence-corrected chi connectivity index (χ0v) is 25.6. The zero-order valence-electron chi connectivity index (χ0n) is 24.8. The van der Waals surface area contributed by atoms with Crippen LogP contribution in [0.1, 0.15) is 55.2 Å². The lowest BCUT2D eigenvalue weighted by atomic mass is 9.78. The van der Waals surface area contributed by atoms with Crippen LogP contribution < -0.4 is 9.80 Å². The van der Waals surface area contributed by atoms with Crippen molar-refractivity contribution < 1.29 is 31.9 Å². The Hall–Kier alpha value is -4.07. The number of carboxylic acid groups (broad SMARTS) is 1. The summed E-state index contributed by atoms with van der Waals surface area (Å²) in [5.74, 6) is -2.32. The molecule has 46 heavy (non-hydrogen) atoms. The summed E-state index contributed by atoms with van der Waals surface area (Å²) in [6.45, 7) is 0.615. The lowest BCUT2D eigenvalue weighted by Crippen LogP contribution is -2.39. The minimum absolute atomic E-state index is 0.0474. The molecule has 1 aliphatic heterocycles. The highest BCUT2D eigenvalue weighted by molar-refractivity contribution is 6.30. The Morgan fingerprint density at radius 2 is 1.76 bits per heavy atom. The molecule has 4 aromatic rings. The van der Waals surface area contributed by atoms with Gasteiger partial charge in [0.2, 0.25) is 0 Å². The van der Waals surface area contributed by atoms with E-state index in [2.05, 4.69) is 20.3 Å². The number of alkyl halides is 3. The molecule has 1 atom stereocenters. The van der Waals surface area contributed by atoms with Crippen molar-refractivity contribution in [3.63, 3.8) is 0 Å². The van der Waals surface area contributed by atoms with Gasteiger partial charge in [-0.15, -0.1) is 5.10 Å². The van der Waals surface area contributed by atoms with Crippen LogP contribution in [0.15, 0.2) is 36.4 Å². The highest BCUT2D eigenvalue weighted by Crippen LogP contribution is 2.40. The molecule has 1 saturated heterocycles. The van der Waals surface area contributed by atoms with Gasteiger partial charge in [0.25, 0.3) is 5.95 Å². The SMILES string of the molecule is Cn1nnc(N(Cc2cc(Cl)cc(C(F)(F)F)c2)Cc2cc3cc(F)c(F)cc3nc2N2CCC[C@@H]2C2CCC(C(=O)O)CC2)n1. The lowest BCUT2D eigenvalue weighted by molar-refractivity contribution is -0.143. The molecule has 3 heterocycles. The second-order valence-electron chi connectivity index (χ2n) is 12.1. The molecule has 2 aliphatic rings. The monoisotopic (exact) mass is 663 g/mol. The van der Waals surface area contributed by atoms with E-state index in [4.69, 9.17) is 16.6 Å². The quantitative estimate of drug-likeness (QED) is 0.206. The van der Waals surface area contributed by atoms with Crippen molar-refractivity contribution in [2.75, 3.05) is 16.3 Å². The first-order valence-electron chi connectivity index (χ1n) is 15.0. The Morgan fingerprint density at radius 1 is 1.02 bits per heavy atom. The van der Waals surface area contributed by atoms with E-state index in [1.807, 2.05) is 0 Å². The number of fused-ring (bicyclic) bond motifs is 1. The number of nitrogens with zero attached hydrogens (tertiary/aromatic N) is 7. The van der Waals surface area contributed by atoms with Gasteiger partial charge in [0.1, 0.15) is 5.82 Å². The fourth-order valence-electron chi connectivity index (χ4n) is 6.79. The van der Waals surface area contributed by atoms with Gasteiger partial charge < -0.3 is 14.9 Å². The van der Waals surface area contributed by atoms with Crippen molar-refractivity contribution >= 4 is 40.2 Å². The molecule has 0 amide bonds. The predicted molar refractivity (Wildman–Crippen MR) is 160 cm³/mol. The van der Waals surface area contributed by atoms with Crippen LogP contribution in [-0.4, -0.2) is 48.9 Å². The number of carboxylic acids is 1. The van der Waals surface area contributed by atoms with Gasteiger partial charge in [0.05, 0.1) is 24.0 Å². The van der Waals surface area contributed by atoms with Gasteiger partial charge in [-0.05, 0) is 85.6 Å². The molecule has 1 saturated carbocycles. The summed E-state index contributed by atoms with van der Waals surface area (Å²) in [5, 5.41) is 22.1. The summed E-state index contributed by atoms with van der Waals surface area (Å²) in [6.07, 6.45) is -0.245. The normalized spacial score (nSPS) is 20.4. The second-order valence-corrected chi connectivity index (χ2v) is 12.5. The second kappa shape index (κ2) is 12.6. The van der Waals surface area contributed by atoms with E-state index in [1.165, 1.54) is 10.9 Å². The number of rotatable bonds is 8. The van der Waals surface area contributed by atoms with Crippen molar-refractivity contribution in [3.05, 3.63) is 69.7 Å². The Morgan fingerprint density at radius 3 is 2.43 bits per heavy atom. The van der Waals surface area contributed by atoms with Crippen molar-refractivity contribution in [2.45, 2.75) is 63.8 Å². The molecule has 0 radical (unpaired) electrons. The molecule has 9 nitrogen and oxygen atoms in total. The molecular formula is C31H31ClF5N7O2. The Balaban J connectivity index is 1.40. The van der Waals surface area contributed by atoms with Crippen LogP contribution in [-0.2, 0) is 31.1 Å². The fourth-order valence-corrected chi connectivity index (χ4v) is 7.05. The average molecular weight is 664 g/mol. The number of aryl methyl sites for hydroxylation is 1. The molecule has 6 rings (SSSR count). The molecule has 1 aliphatic carbocycles. The van der Waals surface area contributed by atoms with Crippen LogP contribution in [0.5, 0.6) is 0 Å². The number of aromatic nitrogens is 5. The minimum Gasteiger partial charge on any atom is -0.481 e. The van der Waals surface area contributed by atoms with Crippen LogP contribution in [0.2, 0.25) is 5.02 Å². The van der Waals surface area contributed by atoms with Crippen LogP contribution >= 0.6 is 11.6 Å². The minimum atomic E-state index is -4.61. The van der Waals surface area contributed by atoms with Crippen molar-refractivity contribution in [2.24, 2.45) is 18.9 Å². The van der Waals surface area contributed by atoms with Gasteiger partial charge >= 0.3 is 12.1 Å². The van der Waals surface area contributed by atoms with E-state index in [0.717, 1.165) is 49.9 Å². The van der Waals surface area contributed by atoms with E-state index in [9.17, 15) is 31.9 Å². The third-order valence-corrected chi connectivity index (χ3v) is 9.17. The topological polar surface area (TPSA) is 100 Å². The molecule has 0 spiro atoms. The van der Waals surface area contributed by atoms with Gasteiger partial charge in [-0.1, -0.05) is 16.7 Å². The molecular weight excluding hydrogens is 633 g/mol. The summed E-state index contributed by atoms with van der Waals surface area (Å²) < 4.78 is 69.6. The molecule has 2 fully saturated rings. The highest BCUT2D eigenvalue weighted by atomic mass is 35.5. The van der Waals surface area contributed by atoms with Gasteiger partial charge in [-0.25, -0.2) is 13.8 Å². The maximum atomic E-state index is 14.4. The highest BCUT2D eigenvalue weighted by Gasteiger charge is 2.38.